The summed E-state index contributed by atoms with van der Waals surface area (Å²) in [6.07, 6.45) is 4.51. The van der Waals surface area contributed by atoms with Gasteiger partial charge in [0.15, 0.2) is 0 Å². The van der Waals surface area contributed by atoms with Gasteiger partial charge in [-0.3, -0.25) is 0 Å². The van der Waals surface area contributed by atoms with Gasteiger partial charge in [0, 0.05) is 0 Å². The molecular weight excluding hydrogens is 337 g/mol. The quantitative estimate of drug-likeness (QED) is 0.465. The number of fused-ring (bicyclic) bond motifs is 6. The molecule has 1 aromatic carbocycles. The van der Waals surface area contributed by atoms with Gasteiger partial charge in [-0.25, -0.2) is 0 Å². The fraction of sp³-hybridized carbons (Fsp3) is 0.0455. The van der Waals surface area contributed by atoms with Gasteiger partial charge in [0.1, 0.15) is 0 Å². The van der Waals surface area contributed by atoms with Gasteiger partial charge >= 0.3 is 152 Å². The van der Waals surface area contributed by atoms with Crippen LogP contribution in [0.4, 0.5) is 0 Å². The average Bonchev–Trinajstić information content (AvgIpc) is 3.12. The van der Waals surface area contributed by atoms with E-state index in [0.717, 1.165) is 0 Å². The van der Waals surface area contributed by atoms with Crippen molar-refractivity contribution < 1.29 is 13.0 Å². The molecule has 0 N–H and O–H groups in total. The summed E-state index contributed by atoms with van der Waals surface area (Å²) in [6.45, 7) is 2.46. The number of aromatic nitrogens is 3. The van der Waals surface area contributed by atoms with Gasteiger partial charge in [0.05, 0.1) is 0 Å². The fourth-order valence-corrected chi connectivity index (χ4v) is 10.7. The summed E-state index contributed by atoms with van der Waals surface area (Å²) >= 11 is 0. The van der Waals surface area contributed by atoms with Crippen molar-refractivity contribution >= 4 is 12.4 Å². The molecule has 0 saturated heterocycles. The SMILES string of the molecule is CP12(c3ccccc3)[n+]3ccccc3-c3cccc([n+]31)-c1cccc[n+]12. The predicted octanol–water partition coefficient (Wildman–Crippen LogP) is 2.71. The summed E-state index contributed by atoms with van der Waals surface area (Å²) in [5.41, 5.74) is 5.13. The van der Waals surface area contributed by atoms with Gasteiger partial charge in [-0.1, -0.05) is 0 Å². The average molecular weight is 356 g/mol. The molecule has 3 aromatic heterocycles. The van der Waals surface area contributed by atoms with Crippen molar-refractivity contribution in [3.63, 3.8) is 0 Å². The van der Waals surface area contributed by atoms with Crippen LogP contribution in [0.25, 0.3) is 22.8 Å². The van der Waals surface area contributed by atoms with Crippen LogP contribution in [0.3, 0.4) is 0 Å². The summed E-state index contributed by atoms with van der Waals surface area (Å²) in [6, 6.07) is 30.7. The second kappa shape index (κ2) is 4.44. The molecule has 4 aromatic rings. The zero-order chi connectivity index (χ0) is 17.4. The molecule has 2 aliphatic rings. The van der Waals surface area contributed by atoms with Crippen molar-refractivity contribution in [2.75, 3.05) is 6.66 Å². The number of hydrogen-bond acceptors (Lipinski definition) is 0. The second-order valence-corrected chi connectivity index (χ2v) is 11.8. The van der Waals surface area contributed by atoms with Crippen molar-refractivity contribution in [1.82, 2.24) is 0 Å². The molecule has 5 heterocycles. The molecule has 0 amide bonds. The van der Waals surface area contributed by atoms with Gasteiger partial charge < -0.3 is 0 Å². The number of pyridine rings is 3. The monoisotopic (exact) mass is 356 g/mol. The Balaban J connectivity index is 1.96. The van der Waals surface area contributed by atoms with E-state index >= 15 is 0 Å². The van der Waals surface area contributed by atoms with E-state index in [1.165, 1.54) is 28.1 Å². The molecule has 0 saturated carbocycles. The summed E-state index contributed by atoms with van der Waals surface area (Å²) in [5.74, 6) is 0. The Morgan fingerprint density at radius 1 is 0.538 bits per heavy atom. The Kier molecular flexibility index (Phi) is 2.44. The maximum absolute atomic E-state index is 2.92. The third kappa shape index (κ3) is 1.30. The van der Waals surface area contributed by atoms with Crippen LogP contribution in [0.2, 0.25) is 0 Å². The van der Waals surface area contributed by atoms with E-state index in [9.17, 15) is 0 Å². The fourth-order valence-electron chi connectivity index (χ4n) is 4.95. The van der Waals surface area contributed by atoms with Gasteiger partial charge in [0.2, 0.25) is 0 Å². The zero-order valence-corrected chi connectivity index (χ0v) is 15.4. The molecule has 0 radical (unpaired) electrons. The van der Waals surface area contributed by atoms with Gasteiger partial charge in [-0.05, 0) is 0 Å². The Labute approximate surface area is 152 Å². The first-order valence-corrected chi connectivity index (χ1v) is 11.5. The van der Waals surface area contributed by atoms with Gasteiger partial charge in [0.25, 0.3) is 0 Å². The van der Waals surface area contributed by atoms with Crippen molar-refractivity contribution in [3.05, 3.63) is 97.3 Å². The first kappa shape index (κ1) is 14.3. The summed E-state index contributed by atoms with van der Waals surface area (Å²) in [4.78, 5) is 0. The molecule has 0 fully saturated rings. The molecule has 0 spiro atoms. The van der Waals surface area contributed by atoms with E-state index in [0.29, 0.717) is 0 Å². The van der Waals surface area contributed by atoms with Crippen LogP contribution in [0.15, 0.2) is 97.3 Å². The minimum atomic E-state index is -2.92. The molecule has 2 aliphatic heterocycles. The topological polar surface area (TPSA) is 11.6 Å². The molecule has 0 bridgehead atoms. The van der Waals surface area contributed by atoms with E-state index in [1.807, 2.05) is 0 Å². The van der Waals surface area contributed by atoms with E-state index in [1.54, 1.807) is 0 Å². The van der Waals surface area contributed by atoms with Crippen molar-refractivity contribution in [1.29, 1.82) is 0 Å². The molecule has 4 heteroatoms. The van der Waals surface area contributed by atoms with Crippen molar-refractivity contribution in [2.24, 2.45) is 0 Å². The third-order valence-corrected chi connectivity index (χ3v) is 11.7. The van der Waals surface area contributed by atoms with E-state index in [4.69, 9.17) is 0 Å². The molecule has 0 aliphatic carbocycles. The van der Waals surface area contributed by atoms with E-state index in [2.05, 4.69) is 117 Å². The zero-order valence-electron chi connectivity index (χ0n) is 14.5. The summed E-state index contributed by atoms with van der Waals surface area (Å²) in [5, 5.41) is 1.36. The van der Waals surface area contributed by atoms with Crippen LogP contribution in [0, 0.1) is 0 Å². The van der Waals surface area contributed by atoms with Crippen LogP contribution < -0.4 is 18.3 Å². The Morgan fingerprint density at radius 2 is 1.04 bits per heavy atom. The molecule has 124 valence electrons. The normalized spacial score (nSPS) is 18.3. The minimum absolute atomic E-state index is 1.28. The van der Waals surface area contributed by atoms with E-state index in [-0.39, 0.29) is 0 Å². The Hall–Kier alpha value is -2.90. The van der Waals surface area contributed by atoms with E-state index < -0.39 is 7.06 Å². The number of hydrogen-bond donors (Lipinski definition) is 0. The number of nitrogens with zero attached hydrogens (tertiary/aromatic N) is 3. The summed E-state index contributed by atoms with van der Waals surface area (Å²) in [7, 11) is -2.92. The molecular formula is C22H19N3P+3. The Morgan fingerprint density at radius 3 is 1.62 bits per heavy atom. The summed E-state index contributed by atoms with van der Waals surface area (Å²) < 4.78 is 7.69. The maximum atomic E-state index is 2.62. The van der Waals surface area contributed by atoms with Crippen LogP contribution in [0.5, 0.6) is 0 Å². The van der Waals surface area contributed by atoms with Crippen LogP contribution in [-0.2, 0) is 0 Å². The van der Waals surface area contributed by atoms with Crippen molar-refractivity contribution in [2.45, 2.75) is 0 Å². The number of benzene rings is 1. The predicted molar refractivity (Wildman–Crippen MR) is 103 cm³/mol. The first-order chi connectivity index (χ1) is 12.7. The first-order valence-electron chi connectivity index (χ1n) is 8.91. The van der Waals surface area contributed by atoms with Crippen LogP contribution in [0.1, 0.15) is 0 Å². The third-order valence-electron chi connectivity index (χ3n) is 6.04. The van der Waals surface area contributed by atoms with Gasteiger partial charge in [-0.15, -0.1) is 0 Å². The molecule has 6 rings (SSSR count). The second-order valence-electron chi connectivity index (χ2n) is 7.20. The van der Waals surface area contributed by atoms with Gasteiger partial charge in [-0.2, -0.15) is 0 Å². The van der Waals surface area contributed by atoms with Crippen LogP contribution in [-0.4, -0.2) is 6.66 Å². The van der Waals surface area contributed by atoms with Crippen LogP contribution >= 0.6 is 7.06 Å². The molecule has 3 nitrogen and oxygen atoms in total. The molecule has 26 heavy (non-hydrogen) atoms. The molecule has 0 atom stereocenters. The Bertz CT molecular complexity index is 1150. The van der Waals surface area contributed by atoms with Crippen molar-refractivity contribution in [3.8, 4) is 22.8 Å². The standard InChI is InChI=1S/C22H19N3P/c1-26(18-10-3-2-4-11-18)23-16-7-5-12-19(23)21-14-9-15-22(25(21)26)20-13-6-8-17-24(20)26/h2-17H,1H3/q+3. The number of rotatable bonds is 1. The molecule has 0 unspecified atom stereocenters.